The van der Waals surface area contributed by atoms with Crippen LogP contribution in [0.25, 0.3) is 0 Å². The van der Waals surface area contributed by atoms with Crippen molar-refractivity contribution in [2.45, 2.75) is 38.4 Å². The molecule has 26 heavy (non-hydrogen) atoms. The molecule has 9 nitrogen and oxygen atoms in total. The van der Waals surface area contributed by atoms with Crippen LogP contribution in [0.5, 0.6) is 0 Å². The van der Waals surface area contributed by atoms with Gasteiger partial charge in [-0.2, -0.15) is 24.4 Å². The minimum absolute atomic E-state index is 0.132. The zero-order chi connectivity index (χ0) is 20.3. The lowest BCUT2D eigenvalue weighted by molar-refractivity contribution is -0.141. The Morgan fingerprint density at radius 3 is 2.23 bits per heavy atom. The van der Waals surface area contributed by atoms with E-state index in [4.69, 9.17) is 10.8 Å². The van der Waals surface area contributed by atoms with E-state index in [1.54, 1.807) is 13.8 Å². The van der Waals surface area contributed by atoms with E-state index in [0.717, 1.165) is 0 Å². The summed E-state index contributed by atoms with van der Waals surface area (Å²) in [5, 5.41) is 16.4. The molecule has 0 fully saturated rings. The second-order valence-electron chi connectivity index (χ2n) is 5.98. The normalized spacial score (nSPS) is 14.2. The van der Waals surface area contributed by atoms with Crippen LogP contribution in [-0.2, 0) is 19.2 Å². The molecular formula is C15H28N4O5S2. The maximum atomic E-state index is 12.2. The topological polar surface area (TPSA) is 151 Å². The van der Waals surface area contributed by atoms with Gasteiger partial charge >= 0.3 is 5.97 Å². The number of carbonyl (C=O) groups excluding carboxylic acids is 3. The SMILES string of the molecule is CSCCC(NC(=O)CNC(=O)C(NC(=O)C(N)CS)C(C)C)C(=O)O. The molecule has 11 heteroatoms. The van der Waals surface area contributed by atoms with E-state index < -0.39 is 41.8 Å². The van der Waals surface area contributed by atoms with Gasteiger partial charge < -0.3 is 26.8 Å². The Hall–Kier alpha value is -1.46. The van der Waals surface area contributed by atoms with Gasteiger partial charge in [0.25, 0.3) is 0 Å². The van der Waals surface area contributed by atoms with Gasteiger partial charge in [-0.3, -0.25) is 14.4 Å². The summed E-state index contributed by atoms with van der Waals surface area (Å²) in [5.41, 5.74) is 5.57. The molecule has 6 N–H and O–H groups in total. The zero-order valence-electron chi connectivity index (χ0n) is 15.2. The van der Waals surface area contributed by atoms with Crippen LogP contribution in [-0.4, -0.2) is 71.2 Å². The van der Waals surface area contributed by atoms with Crippen molar-refractivity contribution in [1.82, 2.24) is 16.0 Å². The fraction of sp³-hybridized carbons (Fsp3) is 0.733. The number of rotatable bonds is 12. The van der Waals surface area contributed by atoms with Gasteiger partial charge in [0.1, 0.15) is 12.1 Å². The van der Waals surface area contributed by atoms with E-state index in [9.17, 15) is 19.2 Å². The summed E-state index contributed by atoms with van der Waals surface area (Å²) < 4.78 is 0. The third kappa shape index (κ3) is 9.30. The van der Waals surface area contributed by atoms with Crippen LogP contribution in [0.3, 0.4) is 0 Å². The molecule has 0 spiro atoms. The minimum Gasteiger partial charge on any atom is -0.480 e. The monoisotopic (exact) mass is 408 g/mol. The molecule has 0 saturated carbocycles. The van der Waals surface area contributed by atoms with E-state index >= 15 is 0 Å². The molecule has 0 radical (unpaired) electrons. The van der Waals surface area contributed by atoms with Crippen molar-refractivity contribution in [3.8, 4) is 0 Å². The van der Waals surface area contributed by atoms with Crippen molar-refractivity contribution >= 4 is 48.1 Å². The number of carboxylic acids is 1. The van der Waals surface area contributed by atoms with Gasteiger partial charge in [-0.05, 0) is 24.3 Å². The summed E-state index contributed by atoms with van der Waals surface area (Å²) in [6, 6.07) is -2.72. The Labute approximate surface area is 163 Å². The van der Waals surface area contributed by atoms with E-state index in [2.05, 4.69) is 28.6 Å². The zero-order valence-corrected chi connectivity index (χ0v) is 16.9. The van der Waals surface area contributed by atoms with Crippen molar-refractivity contribution in [3.05, 3.63) is 0 Å². The number of thiol groups is 1. The second kappa shape index (κ2) is 12.8. The molecule has 0 bridgehead atoms. The van der Waals surface area contributed by atoms with Crippen molar-refractivity contribution in [3.63, 3.8) is 0 Å². The fourth-order valence-electron chi connectivity index (χ4n) is 1.89. The first kappa shape index (κ1) is 24.5. The van der Waals surface area contributed by atoms with Gasteiger partial charge in [-0.1, -0.05) is 13.8 Å². The van der Waals surface area contributed by atoms with E-state index in [-0.39, 0.29) is 24.6 Å². The van der Waals surface area contributed by atoms with Gasteiger partial charge in [0, 0.05) is 5.75 Å². The van der Waals surface area contributed by atoms with Crippen molar-refractivity contribution in [2.75, 3.05) is 24.3 Å². The summed E-state index contributed by atoms with van der Waals surface area (Å²) in [4.78, 5) is 47.1. The molecule has 3 atom stereocenters. The number of carbonyl (C=O) groups is 4. The van der Waals surface area contributed by atoms with Crippen LogP contribution in [0.1, 0.15) is 20.3 Å². The van der Waals surface area contributed by atoms with Gasteiger partial charge in [0.2, 0.25) is 17.7 Å². The number of carboxylic acid groups (broad SMARTS) is 1. The largest absolute Gasteiger partial charge is 0.480 e. The predicted octanol–water partition coefficient (Wildman–Crippen LogP) is -1.18. The lowest BCUT2D eigenvalue weighted by atomic mass is 10.0. The molecule has 3 unspecified atom stereocenters. The fourth-order valence-corrected chi connectivity index (χ4v) is 2.53. The van der Waals surface area contributed by atoms with Crippen LogP contribution in [0.2, 0.25) is 0 Å². The molecule has 0 heterocycles. The first-order valence-corrected chi connectivity index (χ1v) is 10.1. The highest BCUT2D eigenvalue weighted by Crippen LogP contribution is 2.03. The highest BCUT2D eigenvalue weighted by molar-refractivity contribution is 7.98. The predicted molar refractivity (Wildman–Crippen MR) is 104 cm³/mol. The van der Waals surface area contributed by atoms with Crippen LogP contribution < -0.4 is 21.7 Å². The average molecular weight is 409 g/mol. The summed E-state index contributed by atoms with van der Waals surface area (Å²) >= 11 is 5.40. The number of amides is 3. The lowest BCUT2D eigenvalue weighted by Gasteiger charge is -2.23. The molecule has 0 aliphatic rings. The molecule has 0 saturated heterocycles. The highest BCUT2D eigenvalue weighted by Gasteiger charge is 2.27. The minimum atomic E-state index is -1.13. The summed E-state index contributed by atoms with van der Waals surface area (Å²) in [7, 11) is 0. The molecule has 0 aromatic carbocycles. The Morgan fingerprint density at radius 1 is 1.15 bits per heavy atom. The molecule has 0 aromatic heterocycles. The smallest absolute Gasteiger partial charge is 0.326 e. The number of nitrogens with two attached hydrogens (primary N) is 1. The standard InChI is InChI=1S/C15H28N4O5S2/c1-8(2)12(19-13(21)9(16)7-25)14(22)17-6-11(20)18-10(15(23)24)4-5-26-3/h8-10,12,25H,4-7,16H2,1-3H3,(H,17,22)(H,18,20)(H,19,21)(H,23,24). The van der Waals surface area contributed by atoms with Gasteiger partial charge in [-0.25, -0.2) is 4.79 Å². The van der Waals surface area contributed by atoms with Gasteiger partial charge in [0.05, 0.1) is 12.6 Å². The summed E-state index contributed by atoms with van der Waals surface area (Å²) in [6.07, 6.45) is 2.11. The van der Waals surface area contributed by atoms with Crippen molar-refractivity contribution in [2.24, 2.45) is 11.7 Å². The van der Waals surface area contributed by atoms with Crippen molar-refractivity contribution < 1.29 is 24.3 Å². The van der Waals surface area contributed by atoms with Crippen LogP contribution >= 0.6 is 24.4 Å². The lowest BCUT2D eigenvalue weighted by Crippen LogP contribution is -2.55. The molecule has 0 rings (SSSR count). The third-order valence-corrected chi connectivity index (χ3v) is 4.48. The molecule has 0 aliphatic heterocycles. The maximum absolute atomic E-state index is 12.2. The average Bonchev–Trinajstić information content (AvgIpc) is 2.59. The number of hydrogen-bond donors (Lipinski definition) is 6. The highest BCUT2D eigenvalue weighted by atomic mass is 32.2. The number of nitrogens with one attached hydrogen (secondary N) is 3. The van der Waals surface area contributed by atoms with Crippen LogP contribution in [0.15, 0.2) is 0 Å². The van der Waals surface area contributed by atoms with Crippen molar-refractivity contribution in [1.29, 1.82) is 0 Å². The van der Waals surface area contributed by atoms with Gasteiger partial charge in [0.15, 0.2) is 0 Å². The first-order valence-electron chi connectivity index (χ1n) is 8.09. The Morgan fingerprint density at radius 2 is 1.77 bits per heavy atom. The van der Waals surface area contributed by atoms with E-state index in [1.165, 1.54) is 11.8 Å². The molecule has 3 amide bonds. The number of hydrogen-bond acceptors (Lipinski definition) is 7. The van der Waals surface area contributed by atoms with Crippen LogP contribution in [0, 0.1) is 5.92 Å². The number of thioether (sulfide) groups is 1. The summed E-state index contributed by atoms with van der Waals surface area (Å²) in [6.45, 7) is 3.08. The van der Waals surface area contributed by atoms with Crippen LogP contribution in [0.4, 0.5) is 0 Å². The van der Waals surface area contributed by atoms with Gasteiger partial charge in [-0.15, -0.1) is 0 Å². The van der Waals surface area contributed by atoms with E-state index in [1.807, 2.05) is 6.26 Å². The summed E-state index contributed by atoms with van der Waals surface area (Å²) in [5.74, 6) is -2.34. The molecular weight excluding hydrogens is 380 g/mol. The first-order chi connectivity index (χ1) is 12.1. The maximum Gasteiger partial charge on any atom is 0.326 e. The Kier molecular flexibility index (Phi) is 12.1. The Bertz CT molecular complexity index is 504. The Balaban J connectivity index is 4.63. The quantitative estimate of drug-likeness (QED) is 0.223. The molecule has 0 aromatic rings. The molecule has 0 aliphatic carbocycles. The molecule has 150 valence electrons. The second-order valence-corrected chi connectivity index (χ2v) is 7.33. The third-order valence-electron chi connectivity index (χ3n) is 3.45. The van der Waals surface area contributed by atoms with E-state index in [0.29, 0.717) is 5.75 Å². The number of aliphatic carboxylic acids is 1.